The minimum absolute atomic E-state index is 0.0827. The summed E-state index contributed by atoms with van der Waals surface area (Å²) in [6, 6.07) is 16.1. The molecule has 0 saturated heterocycles. The predicted molar refractivity (Wildman–Crippen MR) is 98.7 cm³/mol. The number of carbonyl (C=O) groups excluding carboxylic acids is 2. The summed E-state index contributed by atoms with van der Waals surface area (Å²) in [5.41, 5.74) is 8.87. The maximum atomic E-state index is 12.2. The Morgan fingerprint density at radius 1 is 1.19 bits per heavy atom. The summed E-state index contributed by atoms with van der Waals surface area (Å²) in [7, 11) is 1.35. The number of amides is 1. The Kier molecular flexibility index (Phi) is 5.22. The van der Waals surface area contributed by atoms with Gasteiger partial charge in [-0.25, -0.2) is 4.79 Å². The summed E-state index contributed by atoms with van der Waals surface area (Å²) in [4.78, 5) is 26.1. The molecule has 1 heterocycles. The van der Waals surface area contributed by atoms with Crippen molar-refractivity contribution in [2.75, 3.05) is 19.4 Å². The Morgan fingerprint density at radius 2 is 1.92 bits per heavy atom. The summed E-state index contributed by atoms with van der Waals surface area (Å²) in [6.07, 6.45) is 2.07. The zero-order chi connectivity index (χ0) is 18.5. The highest BCUT2D eigenvalue weighted by atomic mass is 16.5. The van der Waals surface area contributed by atoms with Crippen molar-refractivity contribution >= 4 is 17.6 Å². The molecule has 1 aliphatic rings. The molecular weight excluding hydrogens is 330 g/mol. The van der Waals surface area contributed by atoms with Crippen LogP contribution in [0.3, 0.4) is 0 Å². The van der Waals surface area contributed by atoms with Gasteiger partial charge in [0.15, 0.2) is 6.04 Å². The van der Waals surface area contributed by atoms with E-state index < -0.39 is 6.04 Å². The second-order valence-electron chi connectivity index (χ2n) is 6.13. The number of esters is 1. The highest BCUT2D eigenvalue weighted by molar-refractivity contribution is 5.81. The van der Waals surface area contributed by atoms with Crippen molar-refractivity contribution in [3.8, 4) is 0 Å². The van der Waals surface area contributed by atoms with Gasteiger partial charge in [-0.3, -0.25) is 4.79 Å². The Labute approximate surface area is 152 Å². The highest BCUT2D eigenvalue weighted by Gasteiger charge is 2.32. The molecule has 1 aliphatic heterocycles. The van der Waals surface area contributed by atoms with Gasteiger partial charge in [-0.1, -0.05) is 42.5 Å². The van der Waals surface area contributed by atoms with Crippen LogP contribution in [0.2, 0.25) is 0 Å². The number of nitrogen functional groups attached to an aromatic ring is 1. The molecule has 134 valence electrons. The van der Waals surface area contributed by atoms with Gasteiger partial charge in [0.25, 0.3) is 0 Å². The number of nitrogens with one attached hydrogen (secondary N) is 1. The fourth-order valence-corrected chi connectivity index (χ4v) is 2.92. The molecule has 0 aromatic heterocycles. The Morgan fingerprint density at radius 3 is 2.58 bits per heavy atom. The van der Waals surface area contributed by atoms with Gasteiger partial charge in [0.2, 0.25) is 5.91 Å². The fourth-order valence-electron chi connectivity index (χ4n) is 2.92. The molecule has 3 rings (SSSR count). The molecule has 0 fully saturated rings. The Hall–Kier alpha value is -3.28. The number of nitrogens with two attached hydrogens (primary N) is 1. The van der Waals surface area contributed by atoms with E-state index in [0.29, 0.717) is 18.7 Å². The first-order valence-electron chi connectivity index (χ1n) is 8.30. The smallest absolute Gasteiger partial charge is 0.333 e. The molecule has 0 aliphatic carbocycles. The topological polar surface area (TPSA) is 84.7 Å². The molecule has 0 saturated carbocycles. The van der Waals surface area contributed by atoms with Crippen LogP contribution in [-0.4, -0.2) is 30.4 Å². The van der Waals surface area contributed by atoms with Crippen molar-refractivity contribution in [3.63, 3.8) is 0 Å². The molecule has 2 aromatic rings. The summed E-state index contributed by atoms with van der Waals surface area (Å²) in [6.45, 7) is 0.453. The van der Waals surface area contributed by atoms with E-state index in [1.807, 2.05) is 41.3 Å². The van der Waals surface area contributed by atoms with E-state index in [0.717, 1.165) is 16.8 Å². The van der Waals surface area contributed by atoms with Crippen molar-refractivity contribution in [3.05, 3.63) is 77.6 Å². The number of rotatable bonds is 6. The second-order valence-corrected chi connectivity index (χ2v) is 6.13. The van der Waals surface area contributed by atoms with Gasteiger partial charge in [-0.2, -0.15) is 0 Å². The number of methoxy groups -OCH3 is 1. The van der Waals surface area contributed by atoms with Crippen molar-refractivity contribution in [1.29, 1.82) is 0 Å². The molecule has 26 heavy (non-hydrogen) atoms. The summed E-state index contributed by atoms with van der Waals surface area (Å²) < 4.78 is 4.92. The first-order valence-corrected chi connectivity index (χ1v) is 8.30. The van der Waals surface area contributed by atoms with Crippen molar-refractivity contribution < 1.29 is 14.3 Å². The zero-order valence-corrected chi connectivity index (χ0v) is 14.5. The van der Waals surface area contributed by atoms with Gasteiger partial charge in [0.1, 0.15) is 0 Å². The van der Waals surface area contributed by atoms with Gasteiger partial charge < -0.3 is 20.7 Å². The van der Waals surface area contributed by atoms with E-state index in [1.165, 1.54) is 7.11 Å². The maximum absolute atomic E-state index is 12.2. The number of carbonyl (C=O) groups is 2. The lowest BCUT2D eigenvalue weighted by atomic mass is 10.0. The number of hydrogen-bond donors (Lipinski definition) is 2. The highest BCUT2D eigenvalue weighted by Crippen LogP contribution is 2.29. The third-order valence-electron chi connectivity index (χ3n) is 4.16. The molecule has 0 bridgehead atoms. The van der Waals surface area contributed by atoms with E-state index in [4.69, 9.17) is 10.5 Å². The van der Waals surface area contributed by atoms with Crippen molar-refractivity contribution in [1.82, 2.24) is 10.2 Å². The number of hydrogen-bond acceptors (Lipinski definition) is 5. The number of ether oxygens (including phenoxy) is 1. The van der Waals surface area contributed by atoms with Crippen molar-refractivity contribution in [2.45, 2.75) is 12.5 Å². The van der Waals surface area contributed by atoms with Gasteiger partial charge >= 0.3 is 5.97 Å². The number of nitrogens with zero attached hydrogens (tertiary/aromatic N) is 1. The predicted octanol–water partition coefficient (Wildman–Crippen LogP) is 2.00. The minimum Gasteiger partial charge on any atom is -0.467 e. The largest absolute Gasteiger partial charge is 0.467 e. The van der Waals surface area contributed by atoms with E-state index in [2.05, 4.69) is 5.32 Å². The molecule has 1 atom stereocenters. The molecule has 1 unspecified atom stereocenters. The summed E-state index contributed by atoms with van der Waals surface area (Å²) >= 11 is 0. The van der Waals surface area contributed by atoms with Crippen LogP contribution in [0.15, 0.2) is 66.5 Å². The molecular formula is C20H21N3O3. The SMILES string of the molecule is COC(=O)C(c1cccc(N)c1)N1C=C(NC(=O)Cc2ccccc2)C1. The normalized spacial score (nSPS) is 14.0. The average molecular weight is 351 g/mol. The van der Waals surface area contributed by atoms with Crippen molar-refractivity contribution in [2.24, 2.45) is 0 Å². The quantitative estimate of drug-likeness (QED) is 0.614. The lowest BCUT2D eigenvalue weighted by Gasteiger charge is -2.37. The maximum Gasteiger partial charge on any atom is 0.333 e. The lowest BCUT2D eigenvalue weighted by molar-refractivity contribution is -0.146. The zero-order valence-electron chi connectivity index (χ0n) is 14.5. The Balaban J connectivity index is 1.66. The van der Waals surface area contributed by atoms with Crippen LogP contribution in [0.25, 0.3) is 0 Å². The molecule has 3 N–H and O–H groups in total. The third kappa shape index (κ3) is 4.03. The van der Waals surface area contributed by atoms with E-state index in [1.54, 1.807) is 24.4 Å². The lowest BCUT2D eigenvalue weighted by Crippen LogP contribution is -2.43. The summed E-state index contributed by atoms with van der Waals surface area (Å²) in [5.74, 6) is -0.456. The van der Waals surface area contributed by atoms with Crippen LogP contribution in [0.1, 0.15) is 17.2 Å². The minimum atomic E-state index is -0.585. The molecule has 2 aromatic carbocycles. The van der Waals surface area contributed by atoms with E-state index >= 15 is 0 Å². The second kappa shape index (κ2) is 7.74. The first-order chi connectivity index (χ1) is 12.6. The van der Waals surface area contributed by atoms with Crippen LogP contribution >= 0.6 is 0 Å². The van der Waals surface area contributed by atoms with Gasteiger partial charge in [-0.05, 0) is 23.3 Å². The van der Waals surface area contributed by atoms with Crippen LogP contribution in [0.4, 0.5) is 5.69 Å². The fraction of sp³-hybridized carbons (Fsp3) is 0.200. The van der Waals surface area contributed by atoms with Crippen LogP contribution in [0.5, 0.6) is 0 Å². The average Bonchev–Trinajstić information content (AvgIpc) is 2.60. The number of anilines is 1. The van der Waals surface area contributed by atoms with Crippen LogP contribution in [-0.2, 0) is 20.7 Å². The van der Waals surface area contributed by atoms with E-state index in [-0.39, 0.29) is 11.9 Å². The van der Waals surface area contributed by atoms with Gasteiger partial charge in [0, 0.05) is 11.9 Å². The van der Waals surface area contributed by atoms with Crippen LogP contribution in [0, 0.1) is 0 Å². The molecule has 6 heteroatoms. The van der Waals surface area contributed by atoms with E-state index in [9.17, 15) is 9.59 Å². The molecule has 1 amide bonds. The first kappa shape index (κ1) is 17.5. The Bertz CT molecular complexity index is 833. The molecule has 0 radical (unpaired) electrons. The standard InChI is InChI=1S/C20H21N3O3/c1-26-20(25)19(15-8-5-9-16(21)11-15)23-12-17(13-23)22-18(24)10-14-6-3-2-4-7-14/h2-9,11-12,19H,10,13,21H2,1H3,(H,22,24). The number of benzene rings is 2. The monoisotopic (exact) mass is 351 g/mol. The van der Waals surface area contributed by atoms with Gasteiger partial charge in [0.05, 0.1) is 25.8 Å². The third-order valence-corrected chi connectivity index (χ3v) is 4.16. The molecule has 0 spiro atoms. The van der Waals surface area contributed by atoms with Crippen LogP contribution < -0.4 is 11.1 Å². The molecule has 6 nitrogen and oxygen atoms in total. The summed E-state index contributed by atoms with van der Waals surface area (Å²) in [5, 5.41) is 2.87. The van der Waals surface area contributed by atoms with Gasteiger partial charge in [-0.15, -0.1) is 0 Å².